The minimum atomic E-state index is -0.231. The Kier molecular flexibility index (Phi) is 5.67. The van der Waals surface area contributed by atoms with E-state index in [4.69, 9.17) is 0 Å². The van der Waals surface area contributed by atoms with E-state index in [2.05, 4.69) is 10.6 Å². The molecule has 5 nitrogen and oxygen atoms in total. The average Bonchev–Trinajstić information content (AvgIpc) is 3.48. The molecule has 0 unspecified atom stereocenters. The van der Waals surface area contributed by atoms with Crippen LogP contribution in [0, 0.1) is 5.92 Å². The molecule has 1 aliphatic carbocycles. The summed E-state index contributed by atoms with van der Waals surface area (Å²) >= 11 is 0. The van der Waals surface area contributed by atoms with Crippen LogP contribution < -0.4 is 15.5 Å². The second-order valence-electron chi connectivity index (χ2n) is 6.20. The number of hydrogen-bond acceptors (Lipinski definition) is 2. The molecule has 0 bridgehead atoms. The van der Waals surface area contributed by atoms with Crippen molar-refractivity contribution in [2.45, 2.75) is 19.3 Å². The Balaban J connectivity index is 1.47. The third-order valence-corrected chi connectivity index (χ3v) is 4.14. The van der Waals surface area contributed by atoms with E-state index in [-0.39, 0.29) is 17.9 Å². The zero-order valence-corrected chi connectivity index (χ0v) is 14.2. The van der Waals surface area contributed by atoms with Crippen LogP contribution in [0.15, 0.2) is 60.7 Å². The van der Waals surface area contributed by atoms with Crippen molar-refractivity contribution in [2.24, 2.45) is 5.92 Å². The maximum atomic E-state index is 12.5. The predicted molar refractivity (Wildman–Crippen MR) is 99.6 cm³/mol. The summed E-state index contributed by atoms with van der Waals surface area (Å²) in [5.74, 6) is 0.370. The second-order valence-corrected chi connectivity index (χ2v) is 6.20. The van der Waals surface area contributed by atoms with Crippen LogP contribution in [0.3, 0.4) is 0 Å². The van der Waals surface area contributed by atoms with Crippen molar-refractivity contribution in [1.29, 1.82) is 0 Å². The van der Waals surface area contributed by atoms with E-state index in [1.54, 1.807) is 0 Å². The van der Waals surface area contributed by atoms with Crippen molar-refractivity contribution in [3.63, 3.8) is 0 Å². The summed E-state index contributed by atoms with van der Waals surface area (Å²) in [5, 5.41) is 5.62. The zero-order valence-electron chi connectivity index (χ0n) is 14.2. The van der Waals surface area contributed by atoms with Crippen LogP contribution in [0.25, 0.3) is 0 Å². The minimum Gasteiger partial charge on any atom is -0.338 e. The smallest absolute Gasteiger partial charge is 0.319 e. The molecule has 3 rings (SSSR count). The van der Waals surface area contributed by atoms with Crippen LogP contribution in [-0.2, 0) is 4.79 Å². The van der Waals surface area contributed by atoms with Gasteiger partial charge >= 0.3 is 6.03 Å². The fourth-order valence-electron chi connectivity index (χ4n) is 2.66. The molecule has 2 aromatic rings. The van der Waals surface area contributed by atoms with E-state index < -0.39 is 0 Å². The molecule has 0 heterocycles. The van der Waals surface area contributed by atoms with E-state index in [1.807, 2.05) is 65.6 Å². The molecule has 0 aliphatic heterocycles. The number of rotatable bonds is 7. The molecule has 0 radical (unpaired) electrons. The van der Waals surface area contributed by atoms with Gasteiger partial charge in [-0.15, -0.1) is 0 Å². The maximum absolute atomic E-state index is 12.5. The molecule has 25 heavy (non-hydrogen) atoms. The SMILES string of the molecule is O=C(NCCCN(C(=O)C1CC1)c1ccccc1)Nc1ccccc1. The van der Waals surface area contributed by atoms with Gasteiger partial charge in [-0.05, 0) is 43.5 Å². The number of carbonyl (C=O) groups excluding carboxylic acids is 2. The maximum Gasteiger partial charge on any atom is 0.319 e. The predicted octanol–water partition coefficient (Wildman–Crippen LogP) is 3.64. The highest BCUT2D eigenvalue weighted by molar-refractivity contribution is 5.96. The van der Waals surface area contributed by atoms with E-state index in [0.717, 1.165) is 24.2 Å². The third kappa shape index (κ3) is 5.08. The zero-order chi connectivity index (χ0) is 17.5. The number of anilines is 2. The first-order chi connectivity index (χ1) is 12.2. The van der Waals surface area contributed by atoms with Crippen molar-refractivity contribution in [2.75, 3.05) is 23.3 Å². The molecule has 0 atom stereocenters. The van der Waals surface area contributed by atoms with Gasteiger partial charge in [0.15, 0.2) is 0 Å². The molecule has 2 aromatic carbocycles. The van der Waals surface area contributed by atoms with Crippen LogP contribution in [0.2, 0.25) is 0 Å². The molecule has 0 aromatic heterocycles. The Labute approximate surface area is 148 Å². The van der Waals surface area contributed by atoms with Gasteiger partial charge in [-0.25, -0.2) is 4.79 Å². The van der Waals surface area contributed by atoms with Crippen molar-refractivity contribution in [3.8, 4) is 0 Å². The lowest BCUT2D eigenvalue weighted by Gasteiger charge is -2.23. The van der Waals surface area contributed by atoms with Gasteiger partial charge in [0.1, 0.15) is 0 Å². The lowest BCUT2D eigenvalue weighted by Crippen LogP contribution is -2.36. The monoisotopic (exact) mass is 337 g/mol. The first-order valence-corrected chi connectivity index (χ1v) is 8.70. The number of amides is 3. The number of benzene rings is 2. The normalized spacial score (nSPS) is 13.1. The van der Waals surface area contributed by atoms with Crippen molar-refractivity contribution in [3.05, 3.63) is 60.7 Å². The summed E-state index contributed by atoms with van der Waals surface area (Å²) in [5.41, 5.74) is 1.68. The van der Waals surface area contributed by atoms with Crippen LogP contribution in [0.1, 0.15) is 19.3 Å². The Morgan fingerprint density at radius 3 is 2.24 bits per heavy atom. The number of carbonyl (C=O) groups is 2. The Morgan fingerprint density at radius 1 is 0.960 bits per heavy atom. The van der Waals surface area contributed by atoms with Gasteiger partial charge in [-0.2, -0.15) is 0 Å². The third-order valence-electron chi connectivity index (χ3n) is 4.14. The van der Waals surface area contributed by atoms with Gasteiger partial charge in [0, 0.05) is 30.4 Å². The molecule has 0 saturated heterocycles. The molecule has 1 saturated carbocycles. The topological polar surface area (TPSA) is 61.4 Å². The molecule has 5 heteroatoms. The van der Waals surface area contributed by atoms with Gasteiger partial charge in [-0.1, -0.05) is 36.4 Å². The Morgan fingerprint density at radius 2 is 1.60 bits per heavy atom. The number of nitrogens with zero attached hydrogens (tertiary/aromatic N) is 1. The van der Waals surface area contributed by atoms with Crippen LogP contribution in [-0.4, -0.2) is 25.0 Å². The van der Waals surface area contributed by atoms with Crippen LogP contribution in [0.4, 0.5) is 16.2 Å². The van der Waals surface area contributed by atoms with Crippen molar-refractivity contribution < 1.29 is 9.59 Å². The molecular weight excluding hydrogens is 314 g/mol. The first-order valence-electron chi connectivity index (χ1n) is 8.70. The number of nitrogens with one attached hydrogen (secondary N) is 2. The average molecular weight is 337 g/mol. The van der Waals surface area contributed by atoms with Crippen molar-refractivity contribution in [1.82, 2.24) is 5.32 Å². The summed E-state index contributed by atoms with van der Waals surface area (Å²) < 4.78 is 0. The van der Waals surface area contributed by atoms with Gasteiger partial charge < -0.3 is 15.5 Å². The quantitative estimate of drug-likeness (QED) is 0.758. The minimum absolute atomic E-state index is 0.176. The molecular formula is C20H23N3O2. The summed E-state index contributed by atoms with van der Waals surface area (Å²) in [7, 11) is 0. The molecule has 1 fully saturated rings. The first kappa shape index (κ1) is 17.0. The lowest BCUT2D eigenvalue weighted by atomic mass is 10.2. The van der Waals surface area contributed by atoms with Gasteiger partial charge in [0.2, 0.25) is 5.91 Å². The molecule has 0 spiro atoms. The molecule has 130 valence electrons. The largest absolute Gasteiger partial charge is 0.338 e. The summed E-state index contributed by atoms with van der Waals surface area (Å²) in [4.78, 5) is 26.2. The summed E-state index contributed by atoms with van der Waals surface area (Å²) in [6.07, 6.45) is 2.68. The molecule has 2 N–H and O–H groups in total. The Bertz CT molecular complexity index is 699. The van der Waals surface area contributed by atoms with Crippen LogP contribution in [0.5, 0.6) is 0 Å². The molecule has 3 amide bonds. The summed E-state index contributed by atoms with van der Waals surface area (Å²) in [6.45, 7) is 1.12. The van der Waals surface area contributed by atoms with E-state index in [0.29, 0.717) is 19.5 Å². The lowest BCUT2D eigenvalue weighted by molar-refractivity contribution is -0.119. The Hall–Kier alpha value is -2.82. The second kappa shape index (κ2) is 8.33. The van der Waals surface area contributed by atoms with E-state index >= 15 is 0 Å². The van der Waals surface area contributed by atoms with E-state index in [9.17, 15) is 9.59 Å². The van der Waals surface area contributed by atoms with Crippen molar-refractivity contribution >= 4 is 23.3 Å². The highest BCUT2D eigenvalue weighted by Crippen LogP contribution is 2.32. The highest BCUT2D eigenvalue weighted by Gasteiger charge is 2.33. The highest BCUT2D eigenvalue weighted by atomic mass is 16.2. The fourth-order valence-corrected chi connectivity index (χ4v) is 2.66. The van der Waals surface area contributed by atoms with E-state index in [1.165, 1.54) is 0 Å². The van der Waals surface area contributed by atoms with Gasteiger partial charge in [0.05, 0.1) is 0 Å². The summed E-state index contributed by atoms with van der Waals surface area (Å²) in [6, 6.07) is 18.8. The van der Waals surface area contributed by atoms with Gasteiger partial charge in [0.25, 0.3) is 0 Å². The van der Waals surface area contributed by atoms with Crippen LogP contribution >= 0.6 is 0 Å². The number of urea groups is 1. The molecule has 1 aliphatic rings. The number of para-hydroxylation sites is 2. The van der Waals surface area contributed by atoms with Gasteiger partial charge in [-0.3, -0.25) is 4.79 Å². The fraction of sp³-hybridized carbons (Fsp3) is 0.300. The number of hydrogen-bond donors (Lipinski definition) is 2. The standard InChI is InChI=1S/C20H23N3O2/c24-19(16-12-13-16)23(18-10-5-2-6-11-18)15-7-14-21-20(25)22-17-8-3-1-4-9-17/h1-6,8-11,16H,7,12-15H2,(H2,21,22,25).